The van der Waals surface area contributed by atoms with Gasteiger partial charge in [-0.15, -0.1) is 0 Å². The van der Waals surface area contributed by atoms with Crippen LogP contribution in [-0.4, -0.2) is 45.7 Å². The van der Waals surface area contributed by atoms with E-state index in [1.807, 2.05) is 0 Å². The van der Waals surface area contributed by atoms with Gasteiger partial charge in [-0.2, -0.15) is 0 Å². The molecule has 0 unspecified atom stereocenters. The van der Waals surface area contributed by atoms with E-state index in [0.29, 0.717) is 19.5 Å². The molecule has 0 aromatic carbocycles. The van der Waals surface area contributed by atoms with Gasteiger partial charge in [0.1, 0.15) is 0 Å². The first-order valence-corrected chi connectivity index (χ1v) is 6.25. The van der Waals surface area contributed by atoms with Crippen LogP contribution in [0.1, 0.15) is 38.5 Å². The van der Waals surface area contributed by atoms with Crippen LogP contribution < -0.4 is 0 Å². The minimum absolute atomic E-state index is 0.101. The second-order valence-electron chi connectivity index (χ2n) is 5.20. The molecule has 1 heterocycles. The van der Waals surface area contributed by atoms with Crippen molar-refractivity contribution in [3.8, 4) is 0 Å². The van der Waals surface area contributed by atoms with Crippen LogP contribution in [0.25, 0.3) is 0 Å². The maximum Gasteiger partial charge on any atom is 0.335 e. The van der Waals surface area contributed by atoms with E-state index in [9.17, 15) is 14.7 Å². The molecule has 5 nitrogen and oxygen atoms in total. The summed E-state index contributed by atoms with van der Waals surface area (Å²) in [7, 11) is 0. The van der Waals surface area contributed by atoms with E-state index in [1.165, 1.54) is 12.8 Å². The number of carbonyl (C=O) groups is 2. The average molecular weight is 241 g/mol. The molecule has 1 saturated heterocycles. The fourth-order valence-corrected chi connectivity index (χ4v) is 2.23. The van der Waals surface area contributed by atoms with E-state index in [4.69, 9.17) is 5.11 Å². The van der Waals surface area contributed by atoms with E-state index in [0.717, 1.165) is 12.3 Å². The van der Waals surface area contributed by atoms with Gasteiger partial charge < -0.3 is 15.1 Å². The van der Waals surface area contributed by atoms with Crippen LogP contribution >= 0.6 is 0 Å². The highest BCUT2D eigenvalue weighted by molar-refractivity contribution is 5.79. The van der Waals surface area contributed by atoms with Gasteiger partial charge in [0.25, 0.3) is 0 Å². The zero-order valence-corrected chi connectivity index (χ0v) is 9.89. The lowest BCUT2D eigenvalue weighted by Gasteiger charge is -2.35. The normalized spacial score (nSPS) is 23.5. The Morgan fingerprint density at radius 2 is 1.82 bits per heavy atom. The van der Waals surface area contributed by atoms with Gasteiger partial charge in [-0.05, 0) is 12.3 Å². The zero-order chi connectivity index (χ0) is 12.5. The Bertz CT molecular complexity index is 316. The molecule has 0 radical (unpaired) electrons. The summed E-state index contributed by atoms with van der Waals surface area (Å²) in [6.07, 6.45) is 4.28. The molecule has 1 aliphatic carbocycles. The summed E-state index contributed by atoms with van der Waals surface area (Å²) in [4.78, 5) is 24.3. The topological polar surface area (TPSA) is 77.8 Å². The molecule has 0 aromatic rings. The van der Waals surface area contributed by atoms with Gasteiger partial charge in [-0.3, -0.25) is 4.79 Å². The van der Waals surface area contributed by atoms with E-state index in [2.05, 4.69) is 0 Å². The molecule has 0 atom stereocenters. The summed E-state index contributed by atoms with van der Waals surface area (Å²) in [5.41, 5.74) is -1.63. The molecule has 5 heteroatoms. The van der Waals surface area contributed by atoms with Crippen molar-refractivity contribution in [1.82, 2.24) is 4.90 Å². The van der Waals surface area contributed by atoms with Crippen molar-refractivity contribution in [2.24, 2.45) is 5.92 Å². The summed E-state index contributed by atoms with van der Waals surface area (Å²) >= 11 is 0. The molecule has 1 aliphatic heterocycles. The zero-order valence-electron chi connectivity index (χ0n) is 9.89. The fourth-order valence-electron chi connectivity index (χ4n) is 2.23. The molecule has 0 aromatic heterocycles. The van der Waals surface area contributed by atoms with Gasteiger partial charge in [0.05, 0.1) is 0 Å². The molecular weight excluding hydrogens is 222 g/mol. The number of hydrogen-bond donors (Lipinski definition) is 2. The SMILES string of the molecule is O=C(CCC1CC1)N1CCC(O)(C(=O)O)CC1. The molecular formula is C12H19NO4. The molecule has 2 N–H and O–H groups in total. The Balaban J connectivity index is 1.77. The van der Waals surface area contributed by atoms with E-state index < -0.39 is 11.6 Å². The average Bonchev–Trinajstić information content (AvgIpc) is 3.10. The Morgan fingerprint density at radius 3 is 2.29 bits per heavy atom. The predicted molar refractivity (Wildman–Crippen MR) is 60.4 cm³/mol. The third kappa shape index (κ3) is 2.97. The second-order valence-corrected chi connectivity index (χ2v) is 5.20. The van der Waals surface area contributed by atoms with Crippen molar-refractivity contribution < 1.29 is 19.8 Å². The minimum Gasteiger partial charge on any atom is -0.479 e. The quantitative estimate of drug-likeness (QED) is 0.756. The van der Waals surface area contributed by atoms with Gasteiger partial charge in [0.15, 0.2) is 5.60 Å². The molecule has 2 rings (SSSR count). The highest BCUT2D eigenvalue weighted by Crippen LogP contribution is 2.34. The van der Waals surface area contributed by atoms with Crippen molar-refractivity contribution in [3.05, 3.63) is 0 Å². The number of carbonyl (C=O) groups excluding carboxylic acids is 1. The summed E-state index contributed by atoms with van der Waals surface area (Å²) < 4.78 is 0. The first kappa shape index (κ1) is 12.4. The number of carboxylic acids is 1. The number of aliphatic carboxylic acids is 1. The smallest absolute Gasteiger partial charge is 0.335 e. The molecule has 96 valence electrons. The number of amides is 1. The van der Waals surface area contributed by atoms with E-state index in [1.54, 1.807) is 4.90 Å². The van der Waals surface area contributed by atoms with Gasteiger partial charge in [-0.25, -0.2) is 4.79 Å². The standard InChI is InChI=1S/C12H19NO4/c14-10(4-3-9-1-2-9)13-7-5-12(17,6-8-13)11(15)16/h9,17H,1-8H2,(H,15,16). The molecule has 1 saturated carbocycles. The Labute approximate surface area is 100 Å². The van der Waals surface area contributed by atoms with Crippen LogP contribution in [0.2, 0.25) is 0 Å². The summed E-state index contributed by atoms with van der Waals surface area (Å²) in [5, 5.41) is 18.6. The number of hydrogen-bond acceptors (Lipinski definition) is 3. The number of likely N-dealkylation sites (tertiary alicyclic amines) is 1. The largest absolute Gasteiger partial charge is 0.479 e. The number of rotatable bonds is 4. The van der Waals surface area contributed by atoms with E-state index in [-0.39, 0.29) is 18.7 Å². The molecule has 17 heavy (non-hydrogen) atoms. The number of carboxylic acid groups (broad SMARTS) is 1. The number of nitrogens with zero attached hydrogens (tertiary/aromatic N) is 1. The second kappa shape index (κ2) is 4.64. The van der Waals surface area contributed by atoms with Crippen LogP contribution in [0, 0.1) is 5.92 Å². The van der Waals surface area contributed by atoms with E-state index >= 15 is 0 Å². The lowest BCUT2D eigenvalue weighted by atomic mass is 9.91. The Hall–Kier alpha value is -1.10. The highest BCUT2D eigenvalue weighted by atomic mass is 16.4. The third-order valence-electron chi connectivity index (χ3n) is 3.80. The molecule has 2 fully saturated rings. The van der Waals surface area contributed by atoms with Crippen molar-refractivity contribution in [2.75, 3.05) is 13.1 Å². The van der Waals surface area contributed by atoms with Crippen LogP contribution in [0.3, 0.4) is 0 Å². The van der Waals surface area contributed by atoms with Crippen molar-refractivity contribution >= 4 is 11.9 Å². The summed E-state index contributed by atoms with van der Waals surface area (Å²) in [5.74, 6) is -0.341. The fraction of sp³-hybridized carbons (Fsp3) is 0.833. The van der Waals surface area contributed by atoms with Gasteiger partial charge in [0.2, 0.25) is 5.91 Å². The first-order valence-electron chi connectivity index (χ1n) is 6.25. The third-order valence-corrected chi connectivity index (χ3v) is 3.80. The maximum absolute atomic E-state index is 11.8. The summed E-state index contributed by atoms with van der Waals surface area (Å²) in [6, 6.07) is 0. The minimum atomic E-state index is -1.63. The van der Waals surface area contributed by atoms with Crippen molar-refractivity contribution in [1.29, 1.82) is 0 Å². The van der Waals surface area contributed by atoms with Crippen molar-refractivity contribution in [3.63, 3.8) is 0 Å². The molecule has 0 spiro atoms. The van der Waals surface area contributed by atoms with Crippen LogP contribution in [0.5, 0.6) is 0 Å². The van der Waals surface area contributed by atoms with Gasteiger partial charge in [0, 0.05) is 32.4 Å². The monoisotopic (exact) mass is 241 g/mol. The number of piperidine rings is 1. The lowest BCUT2D eigenvalue weighted by Crippen LogP contribution is -2.50. The maximum atomic E-state index is 11.8. The van der Waals surface area contributed by atoms with Crippen LogP contribution in [0.15, 0.2) is 0 Å². The molecule has 0 bridgehead atoms. The molecule has 1 amide bonds. The lowest BCUT2D eigenvalue weighted by molar-refractivity contribution is -0.165. The first-order chi connectivity index (χ1) is 8.01. The van der Waals surface area contributed by atoms with Gasteiger partial charge in [-0.1, -0.05) is 12.8 Å². The van der Waals surface area contributed by atoms with Crippen molar-refractivity contribution in [2.45, 2.75) is 44.1 Å². The number of aliphatic hydroxyl groups is 1. The van der Waals surface area contributed by atoms with Gasteiger partial charge >= 0.3 is 5.97 Å². The predicted octanol–water partition coefficient (Wildman–Crippen LogP) is 0.615. The highest BCUT2D eigenvalue weighted by Gasteiger charge is 2.40. The Morgan fingerprint density at radius 1 is 1.24 bits per heavy atom. The van der Waals surface area contributed by atoms with Crippen LogP contribution in [0.4, 0.5) is 0 Å². The molecule has 2 aliphatic rings. The summed E-state index contributed by atoms with van der Waals surface area (Å²) in [6.45, 7) is 0.707. The van der Waals surface area contributed by atoms with Crippen LogP contribution in [-0.2, 0) is 9.59 Å². The Kier molecular flexibility index (Phi) is 3.38.